The largest absolute Gasteiger partial charge is 0.480 e. The average molecular weight is 561 g/mol. The van der Waals surface area contributed by atoms with Crippen LogP contribution in [0.1, 0.15) is 23.0 Å². The molecule has 0 saturated carbocycles. The second-order valence-electron chi connectivity index (χ2n) is 8.88. The number of nitrogens with zero attached hydrogens (tertiary/aromatic N) is 4. The number of rotatable bonds is 13. The summed E-state index contributed by atoms with van der Waals surface area (Å²) in [6.45, 7) is 0.703. The summed E-state index contributed by atoms with van der Waals surface area (Å²) in [6, 6.07) is 6.26. The number of hydrogen-bond acceptors (Lipinski definition) is 12. The molecule has 39 heavy (non-hydrogen) atoms. The molecule has 210 valence electrons. The van der Waals surface area contributed by atoms with Crippen molar-refractivity contribution in [2.24, 2.45) is 5.73 Å². The maximum absolute atomic E-state index is 12.5. The van der Waals surface area contributed by atoms with Crippen molar-refractivity contribution in [1.82, 2.24) is 24.8 Å². The third kappa shape index (κ3) is 6.57. The third-order valence-electron chi connectivity index (χ3n) is 6.29. The van der Waals surface area contributed by atoms with Gasteiger partial charge in [-0.3, -0.25) is 14.2 Å². The van der Waals surface area contributed by atoms with Crippen molar-refractivity contribution in [2.75, 3.05) is 42.3 Å². The van der Waals surface area contributed by atoms with Crippen LogP contribution in [0.15, 0.2) is 36.9 Å². The normalized spacial score (nSPS) is 21.5. The van der Waals surface area contributed by atoms with E-state index in [0.717, 1.165) is 5.69 Å². The van der Waals surface area contributed by atoms with E-state index < -0.39 is 36.6 Å². The van der Waals surface area contributed by atoms with Crippen LogP contribution in [0.5, 0.6) is 0 Å². The third-order valence-corrected chi connectivity index (χ3v) is 7.38. The molecule has 5 atom stereocenters. The van der Waals surface area contributed by atoms with Crippen LogP contribution in [0.2, 0.25) is 0 Å². The second kappa shape index (κ2) is 13.0. The predicted molar refractivity (Wildman–Crippen MR) is 146 cm³/mol. The van der Waals surface area contributed by atoms with Gasteiger partial charge in [0.05, 0.1) is 18.0 Å². The number of nitrogens with two attached hydrogens (primary N) is 1. The Balaban J connectivity index is 1.34. The Kier molecular flexibility index (Phi) is 9.53. The number of aliphatic carboxylic acids is 1. The minimum atomic E-state index is -1.23. The fourth-order valence-electron chi connectivity index (χ4n) is 4.15. The van der Waals surface area contributed by atoms with Gasteiger partial charge in [0.15, 0.2) is 23.2 Å². The number of amides is 1. The maximum atomic E-state index is 12.5. The number of imidazole rings is 1. The molecule has 1 aliphatic heterocycles. The summed E-state index contributed by atoms with van der Waals surface area (Å²) in [4.78, 5) is 36.3. The molecule has 4 rings (SSSR count). The number of carboxylic acids is 1. The number of carbonyl (C=O) groups excluding carboxylic acids is 1. The molecule has 1 unspecified atom stereocenters. The fraction of sp³-hybridized carbons (Fsp3) is 0.458. The summed E-state index contributed by atoms with van der Waals surface area (Å²) in [6.07, 6.45) is -0.887. The van der Waals surface area contributed by atoms with Crippen molar-refractivity contribution in [3.8, 4) is 0 Å². The summed E-state index contributed by atoms with van der Waals surface area (Å²) >= 11 is 1.39. The van der Waals surface area contributed by atoms with Crippen LogP contribution in [-0.4, -0.2) is 103 Å². The van der Waals surface area contributed by atoms with Gasteiger partial charge in [-0.25, -0.2) is 15.0 Å². The van der Waals surface area contributed by atoms with E-state index in [-0.39, 0.29) is 12.3 Å². The Morgan fingerprint density at radius 1 is 1.18 bits per heavy atom. The maximum Gasteiger partial charge on any atom is 0.320 e. The molecular weight excluding hydrogens is 528 g/mol. The molecule has 3 heterocycles. The number of para-hydroxylation sites is 1. The van der Waals surface area contributed by atoms with Crippen LogP contribution in [0.4, 0.5) is 11.5 Å². The molecule has 1 amide bonds. The molecule has 0 spiro atoms. The first kappa shape index (κ1) is 28.5. The number of carboxylic acid groups (broad SMARTS) is 1. The van der Waals surface area contributed by atoms with Gasteiger partial charge in [-0.05, 0) is 24.3 Å². The molecule has 2 aromatic heterocycles. The van der Waals surface area contributed by atoms with Gasteiger partial charge in [-0.1, -0.05) is 12.1 Å². The summed E-state index contributed by atoms with van der Waals surface area (Å²) in [7, 11) is 1.75. The zero-order chi connectivity index (χ0) is 27.9. The number of nitrogens with one attached hydrogen (secondary N) is 3. The van der Waals surface area contributed by atoms with Gasteiger partial charge in [0.25, 0.3) is 5.91 Å². The Labute approximate surface area is 228 Å². The van der Waals surface area contributed by atoms with Crippen LogP contribution >= 0.6 is 11.8 Å². The van der Waals surface area contributed by atoms with Crippen LogP contribution in [0.3, 0.4) is 0 Å². The van der Waals surface area contributed by atoms with Crippen molar-refractivity contribution in [3.05, 3.63) is 42.5 Å². The second-order valence-corrected chi connectivity index (χ2v) is 10.0. The molecule has 0 bridgehead atoms. The summed E-state index contributed by atoms with van der Waals surface area (Å²) < 4.78 is 7.48. The van der Waals surface area contributed by atoms with E-state index in [1.54, 1.807) is 19.2 Å². The number of ether oxygens (including phenoxy) is 1. The van der Waals surface area contributed by atoms with Gasteiger partial charge in [0.1, 0.15) is 24.6 Å². The van der Waals surface area contributed by atoms with Gasteiger partial charge in [0, 0.05) is 31.6 Å². The van der Waals surface area contributed by atoms with Crippen molar-refractivity contribution in [2.45, 2.75) is 37.0 Å². The van der Waals surface area contributed by atoms with Gasteiger partial charge in [-0.2, -0.15) is 11.8 Å². The van der Waals surface area contributed by atoms with E-state index in [9.17, 15) is 19.8 Å². The van der Waals surface area contributed by atoms with E-state index in [0.29, 0.717) is 47.1 Å². The Bertz CT molecular complexity index is 1290. The van der Waals surface area contributed by atoms with E-state index in [1.165, 1.54) is 29.0 Å². The number of hydrogen-bond donors (Lipinski definition) is 7. The molecule has 15 heteroatoms. The smallest absolute Gasteiger partial charge is 0.320 e. The number of aromatic nitrogens is 4. The number of fused-ring (bicyclic) bond motifs is 1. The molecule has 1 aromatic carbocycles. The lowest BCUT2D eigenvalue weighted by molar-refractivity contribution is -0.138. The number of thioether (sulfide) groups is 1. The molecule has 1 fully saturated rings. The van der Waals surface area contributed by atoms with Gasteiger partial charge >= 0.3 is 5.97 Å². The zero-order valence-corrected chi connectivity index (χ0v) is 22.0. The molecule has 1 saturated heterocycles. The van der Waals surface area contributed by atoms with Crippen molar-refractivity contribution in [3.63, 3.8) is 0 Å². The highest BCUT2D eigenvalue weighted by Gasteiger charge is 2.44. The zero-order valence-electron chi connectivity index (χ0n) is 21.2. The number of aliphatic hydroxyl groups excluding tert-OH is 2. The van der Waals surface area contributed by atoms with Crippen LogP contribution in [0.25, 0.3) is 11.2 Å². The predicted octanol–water partition coefficient (Wildman–Crippen LogP) is -0.136. The van der Waals surface area contributed by atoms with E-state index >= 15 is 0 Å². The SMILES string of the molecule is CNc1ccccc1C(=O)NCCNc1ncnc2c1ncn2[C@@H]1O[C@H](CSCCC(N)C(=O)O)[C@@H](O)[C@H]1O. The Morgan fingerprint density at radius 3 is 2.74 bits per heavy atom. The fourth-order valence-corrected chi connectivity index (χ4v) is 5.24. The minimum absolute atomic E-state index is 0.206. The summed E-state index contributed by atoms with van der Waals surface area (Å²) in [5, 5.41) is 39.1. The van der Waals surface area contributed by atoms with Gasteiger partial charge < -0.3 is 41.7 Å². The number of carbonyl (C=O) groups is 2. The molecular formula is C24H32N8O6S. The summed E-state index contributed by atoms with van der Waals surface area (Å²) in [5.41, 5.74) is 7.63. The highest BCUT2D eigenvalue weighted by Crippen LogP contribution is 2.33. The van der Waals surface area contributed by atoms with Crippen LogP contribution < -0.4 is 21.7 Å². The first-order chi connectivity index (χ1) is 18.8. The minimum Gasteiger partial charge on any atom is -0.480 e. The average Bonchev–Trinajstić information content (AvgIpc) is 3.49. The highest BCUT2D eigenvalue weighted by atomic mass is 32.2. The molecule has 1 aliphatic rings. The lowest BCUT2D eigenvalue weighted by atomic mass is 10.1. The molecule has 8 N–H and O–H groups in total. The van der Waals surface area contributed by atoms with Crippen molar-refractivity contribution >= 4 is 46.3 Å². The van der Waals surface area contributed by atoms with E-state index in [2.05, 4.69) is 30.9 Å². The Hall–Kier alpha value is -3.50. The highest BCUT2D eigenvalue weighted by molar-refractivity contribution is 7.99. The standard InChI is InChI=1S/C24H32N8O6S/c1-26-15-5-3-2-4-13(15)22(35)28-8-7-27-20-17-21(30-11-29-20)32(12-31-17)23-19(34)18(33)16(38-23)10-39-9-6-14(25)24(36)37/h2-5,11-12,14,16,18-19,23,26,33-34H,6-10,25H2,1H3,(H,28,35)(H,36,37)(H,27,29,30)/t14?,16-,18-,19-,23-/m1/s1. The number of benzene rings is 1. The van der Waals surface area contributed by atoms with E-state index in [1.807, 2.05) is 12.1 Å². The first-order valence-corrected chi connectivity index (χ1v) is 13.5. The monoisotopic (exact) mass is 560 g/mol. The van der Waals surface area contributed by atoms with Crippen molar-refractivity contribution in [1.29, 1.82) is 0 Å². The van der Waals surface area contributed by atoms with Crippen LogP contribution in [0, 0.1) is 0 Å². The summed E-state index contributed by atoms with van der Waals surface area (Å²) in [5.74, 6) is -0.00797. The van der Waals surface area contributed by atoms with Gasteiger partial charge in [-0.15, -0.1) is 0 Å². The van der Waals surface area contributed by atoms with Crippen molar-refractivity contribution < 1.29 is 29.6 Å². The number of aliphatic hydroxyl groups is 2. The number of anilines is 2. The van der Waals surface area contributed by atoms with E-state index in [4.69, 9.17) is 15.6 Å². The molecule has 0 aliphatic carbocycles. The molecule has 3 aromatic rings. The lowest BCUT2D eigenvalue weighted by Gasteiger charge is -2.16. The topological polar surface area (TPSA) is 210 Å². The quantitative estimate of drug-likeness (QED) is 0.136. The first-order valence-electron chi connectivity index (χ1n) is 12.4. The Morgan fingerprint density at radius 2 is 1.97 bits per heavy atom. The molecule has 14 nitrogen and oxygen atoms in total. The van der Waals surface area contributed by atoms with Crippen LogP contribution in [-0.2, 0) is 9.53 Å². The molecule has 0 radical (unpaired) electrons. The van der Waals surface area contributed by atoms with Gasteiger partial charge in [0.2, 0.25) is 0 Å². The lowest BCUT2D eigenvalue weighted by Crippen LogP contribution is -2.33.